The molecular formula is C33H33N5O2V. The van der Waals surface area contributed by atoms with Crippen molar-refractivity contribution in [3.8, 4) is 23.3 Å². The summed E-state index contributed by atoms with van der Waals surface area (Å²) in [5.41, 5.74) is 5.98. The number of fused-ring (bicyclic) bond motifs is 2. The van der Waals surface area contributed by atoms with E-state index in [-0.39, 0.29) is 40.6 Å². The van der Waals surface area contributed by atoms with Gasteiger partial charge in [0.15, 0.2) is 0 Å². The summed E-state index contributed by atoms with van der Waals surface area (Å²) >= 11 is 0. The van der Waals surface area contributed by atoms with Crippen molar-refractivity contribution in [1.82, 2.24) is 15.0 Å². The maximum Gasteiger partial charge on any atom is 4.00 e. The Morgan fingerprint density at radius 3 is 2.22 bits per heavy atom. The maximum atomic E-state index is 13.4. The minimum atomic E-state index is -0.264. The molecule has 1 radical (unpaired) electrons. The summed E-state index contributed by atoms with van der Waals surface area (Å²) in [7, 11) is 0. The summed E-state index contributed by atoms with van der Waals surface area (Å²) in [5.74, 6) is 0.608. The molecule has 0 saturated heterocycles. The first-order valence-electron chi connectivity index (χ1n) is 12.9. The molecule has 0 atom stereocenters. The van der Waals surface area contributed by atoms with E-state index in [0.29, 0.717) is 22.8 Å². The topological polar surface area (TPSA) is 128 Å². The second kappa shape index (κ2) is 13.1. The molecule has 2 heterocycles. The predicted octanol–water partition coefficient (Wildman–Crippen LogP) is 7.23. The number of hydrogen-bond donors (Lipinski definition) is 0. The SMILES string of the molecule is CC#N.CC(C)(C)c1cc(C=Nc2cccc3ccc(-c4nc5ccccc5[n-]4)nc23)c([O-])c(C(C)(C)C)c1.[O-2].[V+4]. The van der Waals surface area contributed by atoms with Crippen molar-refractivity contribution in [1.29, 1.82) is 5.26 Å². The van der Waals surface area contributed by atoms with Gasteiger partial charge in [0.2, 0.25) is 0 Å². The molecular weight excluding hydrogens is 549 g/mol. The third kappa shape index (κ3) is 7.42. The minimum Gasteiger partial charge on any atom is -2.00 e. The number of nitrogens with zero attached hydrogens (tertiary/aromatic N) is 5. The largest absolute Gasteiger partial charge is 4.00 e. The van der Waals surface area contributed by atoms with Crippen molar-refractivity contribution < 1.29 is 29.1 Å². The predicted molar refractivity (Wildman–Crippen MR) is 158 cm³/mol. The van der Waals surface area contributed by atoms with Crippen molar-refractivity contribution in [3.63, 3.8) is 0 Å². The number of benzene rings is 3. The number of rotatable bonds is 3. The van der Waals surface area contributed by atoms with Gasteiger partial charge in [-0.15, -0.1) is 0 Å². The van der Waals surface area contributed by atoms with Gasteiger partial charge in [0.25, 0.3) is 0 Å². The van der Waals surface area contributed by atoms with Crippen LogP contribution >= 0.6 is 0 Å². The van der Waals surface area contributed by atoms with Crippen LogP contribution in [0.25, 0.3) is 33.5 Å². The van der Waals surface area contributed by atoms with Gasteiger partial charge in [-0.25, -0.2) is 4.98 Å². The summed E-state index contributed by atoms with van der Waals surface area (Å²) in [6.45, 7) is 14.1. The Morgan fingerprint density at radius 2 is 1.59 bits per heavy atom. The molecule has 0 bridgehead atoms. The number of pyridine rings is 1. The van der Waals surface area contributed by atoms with Crippen LogP contribution in [-0.2, 0) is 34.9 Å². The average Bonchev–Trinajstić information content (AvgIpc) is 3.31. The van der Waals surface area contributed by atoms with E-state index in [2.05, 4.69) is 57.6 Å². The van der Waals surface area contributed by atoms with Crippen LogP contribution in [0.3, 0.4) is 0 Å². The Bertz CT molecular complexity index is 1690. The van der Waals surface area contributed by atoms with Gasteiger partial charge >= 0.3 is 18.6 Å². The fourth-order valence-corrected chi connectivity index (χ4v) is 4.26. The monoisotopic (exact) mass is 582 g/mol. The molecule has 0 N–H and O–H groups in total. The third-order valence-electron chi connectivity index (χ3n) is 6.40. The first-order valence-corrected chi connectivity index (χ1v) is 12.9. The second-order valence-electron chi connectivity index (χ2n) is 11.5. The molecule has 0 amide bonds. The van der Waals surface area contributed by atoms with Crippen molar-refractivity contribution in [2.75, 3.05) is 0 Å². The third-order valence-corrected chi connectivity index (χ3v) is 6.40. The van der Waals surface area contributed by atoms with Crippen LogP contribution in [0.5, 0.6) is 5.75 Å². The van der Waals surface area contributed by atoms with Gasteiger partial charge in [0, 0.05) is 18.5 Å². The van der Waals surface area contributed by atoms with Crippen LogP contribution in [0, 0.1) is 11.3 Å². The fourth-order valence-electron chi connectivity index (χ4n) is 4.26. The van der Waals surface area contributed by atoms with Gasteiger partial charge in [0.05, 0.1) is 23.0 Å². The first kappa shape index (κ1) is 33.3. The standard InChI is InChI=1S/C31H31N4O.C2H3N.O.V/c1-30(2,3)21-16-20(28(36)22(17-21)31(4,5)6)18-32-25-13-9-10-19-14-15-26(33-27(19)25)29-34-23-11-7-8-12-24(23)35-29;1-2-3;;/h7-18H,1-6H3,(H-,32,33,34,35,36);1H3;;/q-1;;-2;+4/p-1. The molecule has 0 aliphatic rings. The Morgan fingerprint density at radius 1 is 0.902 bits per heavy atom. The molecule has 0 aliphatic heterocycles. The van der Waals surface area contributed by atoms with Crippen molar-refractivity contribution >= 4 is 33.8 Å². The van der Waals surface area contributed by atoms with E-state index in [1.807, 2.05) is 60.7 Å². The molecule has 3 aromatic carbocycles. The number of aromatic nitrogens is 3. The number of imidazole rings is 1. The molecule has 0 fully saturated rings. The molecule has 0 spiro atoms. The smallest absolute Gasteiger partial charge is 2.00 e. The normalized spacial score (nSPS) is 11.4. The minimum absolute atomic E-state index is 0. The van der Waals surface area contributed by atoms with Crippen LogP contribution in [0.4, 0.5) is 5.69 Å². The van der Waals surface area contributed by atoms with Gasteiger partial charge in [-0.1, -0.05) is 102 Å². The van der Waals surface area contributed by atoms with Gasteiger partial charge in [0.1, 0.15) is 0 Å². The fraction of sp³-hybridized carbons (Fsp3) is 0.273. The molecule has 0 unspecified atom stereocenters. The molecule has 0 saturated carbocycles. The van der Waals surface area contributed by atoms with E-state index in [1.54, 1.807) is 12.3 Å². The molecule has 5 aromatic rings. The molecule has 8 heteroatoms. The zero-order chi connectivity index (χ0) is 28.4. The summed E-state index contributed by atoms with van der Waals surface area (Å²) in [6, 6.07) is 23.4. The van der Waals surface area contributed by atoms with Gasteiger partial charge in [-0.05, 0) is 56.5 Å². The van der Waals surface area contributed by atoms with E-state index < -0.39 is 0 Å². The van der Waals surface area contributed by atoms with E-state index in [9.17, 15) is 5.11 Å². The summed E-state index contributed by atoms with van der Waals surface area (Å²) in [4.78, 5) is 18.9. The summed E-state index contributed by atoms with van der Waals surface area (Å²) < 4.78 is 0. The Kier molecular flexibility index (Phi) is 10.7. The van der Waals surface area contributed by atoms with E-state index in [4.69, 9.17) is 15.2 Å². The number of hydrogen-bond acceptors (Lipinski definition) is 5. The summed E-state index contributed by atoms with van der Waals surface area (Å²) in [5, 5.41) is 21.7. The zero-order valence-electron chi connectivity index (χ0n) is 24.4. The van der Waals surface area contributed by atoms with Crippen LogP contribution in [0.15, 0.2) is 71.7 Å². The van der Waals surface area contributed by atoms with Crippen LogP contribution in [0.1, 0.15) is 65.2 Å². The average molecular weight is 583 g/mol. The van der Waals surface area contributed by atoms with Crippen molar-refractivity contribution in [2.45, 2.75) is 59.3 Å². The second-order valence-corrected chi connectivity index (χ2v) is 11.5. The van der Waals surface area contributed by atoms with Gasteiger partial charge in [-0.3, -0.25) is 4.99 Å². The molecule has 0 aliphatic carbocycles. The molecule has 41 heavy (non-hydrogen) atoms. The van der Waals surface area contributed by atoms with Crippen LogP contribution in [-0.4, -0.2) is 16.2 Å². The molecule has 7 nitrogen and oxygen atoms in total. The van der Waals surface area contributed by atoms with Gasteiger partial charge < -0.3 is 20.6 Å². The van der Waals surface area contributed by atoms with E-state index in [1.165, 1.54) is 6.92 Å². The molecule has 5 rings (SSSR count). The Hall–Kier alpha value is -3.96. The van der Waals surface area contributed by atoms with Crippen LogP contribution < -0.4 is 10.1 Å². The van der Waals surface area contributed by atoms with Gasteiger partial charge in [-0.2, -0.15) is 5.26 Å². The number of aliphatic imine (C=N–C) groups is 1. The summed E-state index contributed by atoms with van der Waals surface area (Å²) in [6.07, 6.45) is 1.68. The Balaban J connectivity index is 0.00000113. The molecule has 2 aromatic heterocycles. The molecule has 207 valence electrons. The van der Waals surface area contributed by atoms with E-state index in [0.717, 1.165) is 33.1 Å². The zero-order valence-corrected chi connectivity index (χ0v) is 25.8. The quantitative estimate of drug-likeness (QED) is 0.207. The maximum absolute atomic E-state index is 13.4. The van der Waals surface area contributed by atoms with Crippen LogP contribution in [0.2, 0.25) is 0 Å². The Labute approximate surface area is 253 Å². The van der Waals surface area contributed by atoms with Crippen molar-refractivity contribution in [2.24, 2.45) is 4.99 Å². The first-order chi connectivity index (χ1) is 18.4. The number of para-hydroxylation sites is 3. The number of nitriles is 1. The van der Waals surface area contributed by atoms with Crippen molar-refractivity contribution in [3.05, 3.63) is 83.4 Å². The van der Waals surface area contributed by atoms with E-state index >= 15 is 0 Å².